The van der Waals surface area contributed by atoms with Crippen molar-refractivity contribution in [3.8, 4) is 0 Å². The van der Waals surface area contributed by atoms with Gasteiger partial charge in [0.25, 0.3) is 0 Å². The van der Waals surface area contributed by atoms with Gasteiger partial charge in [-0.1, -0.05) is 0 Å². The van der Waals surface area contributed by atoms with Gasteiger partial charge in [0.15, 0.2) is 0 Å². The van der Waals surface area contributed by atoms with Crippen LogP contribution in [0.2, 0.25) is 0 Å². The van der Waals surface area contributed by atoms with E-state index in [1.54, 1.807) is 0 Å². The lowest BCUT2D eigenvalue weighted by Gasteiger charge is -2.14. The van der Waals surface area contributed by atoms with E-state index in [2.05, 4.69) is 10.6 Å². The Labute approximate surface area is 120 Å². The topological polar surface area (TPSA) is 122 Å². The van der Waals surface area contributed by atoms with E-state index >= 15 is 0 Å². The van der Waals surface area contributed by atoms with Crippen molar-refractivity contribution in [3.05, 3.63) is 21.9 Å². The minimum absolute atomic E-state index is 0.0316. The smallest absolute Gasteiger partial charge is 0.326 e. The van der Waals surface area contributed by atoms with Crippen molar-refractivity contribution in [1.82, 2.24) is 10.6 Å². The molecule has 0 aromatic carbocycles. The van der Waals surface area contributed by atoms with Crippen molar-refractivity contribution >= 4 is 29.2 Å². The van der Waals surface area contributed by atoms with Crippen molar-refractivity contribution < 1.29 is 19.5 Å². The number of aryl methyl sites for hydroxylation is 1. The predicted octanol–water partition coefficient (Wildman–Crippen LogP) is 0.574. The maximum absolute atomic E-state index is 11.6. The van der Waals surface area contributed by atoms with Crippen LogP contribution in [0.15, 0.2) is 11.4 Å². The molecule has 0 aliphatic heterocycles. The van der Waals surface area contributed by atoms with Crippen LogP contribution in [-0.4, -0.2) is 29.1 Å². The standard InChI is InChI=1S/C12H17N3O4S/c1-7-4-5-20-9(7)6-14-12(19)15-8(11(17)18)2-3-10(13)16/h4-5,8H,2-3,6H2,1H3,(H2,13,16)(H,17,18)(H2,14,15,19)/t8-/m1/s1. The minimum Gasteiger partial charge on any atom is -0.480 e. The second-order valence-electron chi connectivity index (χ2n) is 4.25. The number of hydrogen-bond donors (Lipinski definition) is 4. The third-order valence-corrected chi connectivity index (χ3v) is 3.68. The van der Waals surface area contributed by atoms with Gasteiger partial charge in [-0.15, -0.1) is 11.3 Å². The monoisotopic (exact) mass is 299 g/mol. The molecule has 5 N–H and O–H groups in total. The molecule has 0 spiro atoms. The van der Waals surface area contributed by atoms with E-state index in [0.29, 0.717) is 6.54 Å². The molecule has 8 heteroatoms. The molecule has 0 bridgehead atoms. The number of nitrogens with two attached hydrogens (primary N) is 1. The number of rotatable bonds is 7. The summed E-state index contributed by atoms with van der Waals surface area (Å²) in [5.74, 6) is -1.80. The van der Waals surface area contributed by atoms with Crippen LogP contribution in [-0.2, 0) is 16.1 Å². The maximum atomic E-state index is 11.6. The number of carbonyl (C=O) groups excluding carboxylic acids is 2. The minimum atomic E-state index is -1.20. The summed E-state index contributed by atoms with van der Waals surface area (Å²) < 4.78 is 0. The summed E-state index contributed by atoms with van der Waals surface area (Å²) in [5, 5.41) is 15.7. The first kappa shape index (κ1) is 16.0. The molecule has 0 aliphatic carbocycles. The Bertz CT molecular complexity index is 501. The van der Waals surface area contributed by atoms with Crippen LogP contribution >= 0.6 is 11.3 Å². The van der Waals surface area contributed by atoms with E-state index in [-0.39, 0.29) is 12.8 Å². The summed E-state index contributed by atoms with van der Waals surface area (Å²) in [6.07, 6.45) is -0.128. The normalized spacial score (nSPS) is 11.7. The number of carbonyl (C=O) groups is 3. The highest BCUT2D eigenvalue weighted by atomic mass is 32.1. The number of carboxylic acid groups (broad SMARTS) is 1. The van der Waals surface area contributed by atoms with E-state index in [1.807, 2.05) is 18.4 Å². The molecule has 1 rings (SSSR count). The zero-order valence-electron chi connectivity index (χ0n) is 11.0. The van der Waals surface area contributed by atoms with Gasteiger partial charge < -0.3 is 21.5 Å². The van der Waals surface area contributed by atoms with Gasteiger partial charge in [0.05, 0.1) is 6.54 Å². The molecule has 7 nitrogen and oxygen atoms in total. The molecule has 0 radical (unpaired) electrons. The highest BCUT2D eigenvalue weighted by Gasteiger charge is 2.20. The summed E-state index contributed by atoms with van der Waals surface area (Å²) >= 11 is 1.51. The average molecular weight is 299 g/mol. The number of nitrogens with one attached hydrogen (secondary N) is 2. The largest absolute Gasteiger partial charge is 0.480 e. The molecule has 1 aromatic rings. The molecule has 0 fully saturated rings. The zero-order chi connectivity index (χ0) is 15.1. The van der Waals surface area contributed by atoms with Crippen molar-refractivity contribution in [2.24, 2.45) is 5.73 Å². The van der Waals surface area contributed by atoms with Gasteiger partial charge in [-0.05, 0) is 30.4 Å². The number of carboxylic acids is 1. The summed E-state index contributed by atoms with van der Waals surface area (Å²) in [7, 11) is 0. The molecule has 3 amide bonds. The number of amides is 3. The molecule has 110 valence electrons. The van der Waals surface area contributed by atoms with Crippen molar-refractivity contribution in [2.45, 2.75) is 32.4 Å². The van der Waals surface area contributed by atoms with E-state index in [0.717, 1.165) is 10.4 Å². The quantitative estimate of drug-likeness (QED) is 0.588. The van der Waals surface area contributed by atoms with Crippen LogP contribution in [0.25, 0.3) is 0 Å². The summed E-state index contributed by atoms with van der Waals surface area (Å²) in [4.78, 5) is 34.2. The third kappa shape index (κ3) is 5.27. The van der Waals surface area contributed by atoms with Crippen molar-refractivity contribution in [1.29, 1.82) is 0 Å². The average Bonchev–Trinajstić information content (AvgIpc) is 2.77. The second-order valence-corrected chi connectivity index (χ2v) is 5.25. The summed E-state index contributed by atoms with van der Waals surface area (Å²) in [5.41, 5.74) is 6.02. The maximum Gasteiger partial charge on any atom is 0.326 e. The van der Waals surface area contributed by atoms with E-state index in [1.165, 1.54) is 11.3 Å². The third-order valence-electron chi connectivity index (χ3n) is 2.66. The van der Waals surface area contributed by atoms with Gasteiger partial charge in [0, 0.05) is 11.3 Å². The fourth-order valence-electron chi connectivity index (χ4n) is 1.50. The molecular weight excluding hydrogens is 282 g/mol. The number of thiophene rings is 1. The van der Waals surface area contributed by atoms with Crippen LogP contribution in [0, 0.1) is 6.92 Å². The van der Waals surface area contributed by atoms with Gasteiger partial charge in [-0.2, -0.15) is 0 Å². The lowest BCUT2D eigenvalue weighted by atomic mass is 10.1. The number of hydrogen-bond acceptors (Lipinski definition) is 4. The first-order valence-electron chi connectivity index (χ1n) is 5.98. The highest BCUT2D eigenvalue weighted by molar-refractivity contribution is 7.10. The Kier molecular flexibility index (Phi) is 5.98. The fraction of sp³-hybridized carbons (Fsp3) is 0.417. The summed E-state index contributed by atoms with van der Waals surface area (Å²) in [6.45, 7) is 2.26. The Hall–Kier alpha value is -2.09. The molecule has 0 aliphatic rings. The molecule has 1 aromatic heterocycles. The van der Waals surface area contributed by atoms with Crippen molar-refractivity contribution in [3.63, 3.8) is 0 Å². The summed E-state index contributed by atoms with van der Waals surface area (Å²) in [6, 6.07) is 0.216. The predicted molar refractivity (Wildman–Crippen MR) is 74.3 cm³/mol. The van der Waals surface area contributed by atoms with Gasteiger partial charge >= 0.3 is 12.0 Å². The molecule has 1 heterocycles. The van der Waals surface area contributed by atoms with Gasteiger partial charge in [0.1, 0.15) is 6.04 Å². The molecule has 20 heavy (non-hydrogen) atoms. The van der Waals surface area contributed by atoms with E-state index in [4.69, 9.17) is 10.8 Å². The second kappa shape index (κ2) is 7.49. The molecule has 1 atom stereocenters. The molecule has 0 unspecified atom stereocenters. The van der Waals surface area contributed by atoms with Crippen LogP contribution < -0.4 is 16.4 Å². The molecular formula is C12H17N3O4S. The Morgan fingerprint density at radius 1 is 1.45 bits per heavy atom. The Balaban J connectivity index is 2.43. The number of urea groups is 1. The molecule has 0 saturated heterocycles. The van der Waals surface area contributed by atoms with Crippen LogP contribution in [0.4, 0.5) is 4.79 Å². The zero-order valence-corrected chi connectivity index (χ0v) is 11.8. The lowest BCUT2D eigenvalue weighted by molar-refractivity contribution is -0.139. The lowest BCUT2D eigenvalue weighted by Crippen LogP contribution is -2.46. The number of primary amides is 1. The van der Waals surface area contributed by atoms with E-state index in [9.17, 15) is 14.4 Å². The first-order chi connectivity index (χ1) is 9.40. The highest BCUT2D eigenvalue weighted by Crippen LogP contribution is 2.14. The van der Waals surface area contributed by atoms with Gasteiger partial charge in [-0.25, -0.2) is 9.59 Å². The first-order valence-corrected chi connectivity index (χ1v) is 6.86. The Morgan fingerprint density at radius 2 is 2.15 bits per heavy atom. The van der Waals surface area contributed by atoms with Crippen molar-refractivity contribution in [2.75, 3.05) is 0 Å². The van der Waals surface area contributed by atoms with Crippen LogP contribution in [0.3, 0.4) is 0 Å². The van der Waals surface area contributed by atoms with Gasteiger partial charge in [-0.3, -0.25) is 4.79 Å². The van der Waals surface area contributed by atoms with Crippen LogP contribution in [0.5, 0.6) is 0 Å². The van der Waals surface area contributed by atoms with Gasteiger partial charge in [0.2, 0.25) is 5.91 Å². The number of aliphatic carboxylic acids is 1. The van der Waals surface area contributed by atoms with E-state index < -0.39 is 23.9 Å². The fourth-order valence-corrected chi connectivity index (χ4v) is 2.34. The molecule has 0 saturated carbocycles. The van der Waals surface area contributed by atoms with Crippen LogP contribution in [0.1, 0.15) is 23.3 Å². The SMILES string of the molecule is Cc1ccsc1CNC(=O)N[C@H](CCC(N)=O)C(=O)O. The Morgan fingerprint density at radius 3 is 2.65 bits per heavy atom.